The first kappa shape index (κ1) is 16.5. The second kappa shape index (κ2) is 7.40. The maximum Gasteiger partial charge on any atom is 0.323 e. The van der Waals surface area contributed by atoms with Gasteiger partial charge in [0.25, 0.3) is 0 Å². The van der Waals surface area contributed by atoms with Crippen LogP contribution in [0.2, 0.25) is 0 Å². The zero-order valence-corrected chi connectivity index (χ0v) is 13.3. The third-order valence-electron chi connectivity index (χ3n) is 3.82. The number of ether oxygens (including phenoxy) is 2. The van der Waals surface area contributed by atoms with Crippen molar-refractivity contribution >= 4 is 11.9 Å². The van der Waals surface area contributed by atoms with Gasteiger partial charge in [0.2, 0.25) is 0 Å². The van der Waals surface area contributed by atoms with E-state index in [0.29, 0.717) is 19.4 Å². The SMILES string of the molecule is COC(=O)[C@H]1CC[C@@H](C(=O)OC(C)C)N1Cc1ccccc1. The number of nitrogens with zero attached hydrogens (tertiary/aromatic N) is 1. The molecule has 0 spiro atoms. The number of hydrogen-bond donors (Lipinski definition) is 0. The maximum absolute atomic E-state index is 12.3. The normalized spacial score (nSPS) is 21.8. The molecule has 0 aromatic heterocycles. The molecule has 0 saturated carbocycles. The summed E-state index contributed by atoms with van der Waals surface area (Å²) in [6, 6.07) is 9.01. The second-order valence-corrected chi connectivity index (χ2v) is 5.78. The Morgan fingerprint density at radius 3 is 2.27 bits per heavy atom. The lowest BCUT2D eigenvalue weighted by Gasteiger charge is -2.28. The fraction of sp³-hybridized carbons (Fsp3) is 0.529. The summed E-state index contributed by atoms with van der Waals surface area (Å²) < 4.78 is 10.2. The number of methoxy groups -OCH3 is 1. The van der Waals surface area contributed by atoms with Gasteiger partial charge < -0.3 is 9.47 Å². The quantitative estimate of drug-likeness (QED) is 0.780. The molecule has 1 aromatic carbocycles. The predicted octanol–water partition coefficient (Wildman–Crippen LogP) is 2.14. The standard InChI is InChI=1S/C17H23NO4/c1-12(2)22-17(20)15-10-9-14(16(19)21-3)18(15)11-13-7-5-4-6-8-13/h4-8,12,14-15H,9-11H2,1-3H3/t14-,15+/m1/s1. The van der Waals surface area contributed by atoms with Crippen molar-refractivity contribution in [2.24, 2.45) is 0 Å². The van der Waals surface area contributed by atoms with Crippen molar-refractivity contribution in [3.8, 4) is 0 Å². The third-order valence-corrected chi connectivity index (χ3v) is 3.82. The molecule has 5 heteroatoms. The molecule has 0 radical (unpaired) electrons. The first-order valence-electron chi connectivity index (χ1n) is 7.61. The maximum atomic E-state index is 12.3. The van der Waals surface area contributed by atoms with Gasteiger partial charge >= 0.3 is 11.9 Å². The van der Waals surface area contributed by atoms with Crippen molar-refractivity contribution in [2.45, 2.75) is 51.4 Å². The number of esters is 2. The van der Waals surface area contributed by atoms with Crippen molar-refractivity contribution in [1.29, 1.82) is 0 Å². The molecule has 2 rings (SSSR count). The molecule has 1 fully saturated rings. The van der Waals surface area contributed by atoms with Crippen molar-refractivity contribution in [1.82, 2.24) is 4.90 Å². The van der Waals surface area contributed by atoms with Crippen molar-refractivity contribution in [3.63, 3.8) is 0 Å². The predicted molar refractivity (Wildman–Crippen MR) is 82.0 cm³/mol. The molecule has 0 aliphatic carbocycles. The van der Waals surface area contributed by atoms with Crippen molar-refractivity contribution < 1.29 is 19.1 Å². The molecule has 0 unspecified atom stereocenters. The molecular weight excluding hydrogens is 282 g/mol. The number of rotatable bonds is 5. The smallest absolute Gasteiger partial charge is 0.323 e. The van der Waals surface area contributed by atoms with Crippen LogP contribution in [0, 0.1) is 0 Å². The van der Waals surface area contributed by atoms with E-state index in [0.717, 1.165) is 5.56 Å². The molecule has 2 atom stereocenters. The number of likely N-dealkylation sites (tertiary alicyclic amines) is 1. The minimum Gasteiger partial charge on any atom is -0.468 e. The van der Waals surface area contributed by atoms with Crippen LogP contribution in [0.4, 0.5) is 0 Å². The lowest BCUT2D eigenvalue weighted by atomic mass is 10.2. The van der Waals surface area contributed by atoms with E-state index in [4.69, 9.17) is 9.47 Å². The molecule has 0 N–H and O–H groups in total. The van der Waals surface area contributed by atoms with Crippen LogP contribution in [0.5, 0.6) is 0 Å². The van der Waals surface area contributed by atoms with E-state index in [1.165, 1.54) is 7.11 Å². The van der Waals surface area contributed by atoms with Gasteiger partial charge in [-0.1, -0.05) is 30.3 Å². The van der Waals surface area contributed by atoms with E-state index in [1.54, 1.807) is 0 Å². The van der Waals surface area contributed by atoms with Gasteiger partial charge in [-0.05, 0) is 32.3 Å². The highest BCUT2D eigenvalue weighted by Crippen LogP contribution is 2.28. The summed E-state index contributed by atoms with van der Waals surface area (Å²) in [5, 5.41) is 0. The van der Waals surface area contributed by atoms with Crippen LogP contribution in [0.1, 0.15) is 32.3 Å². The van der Waals surface area contributed by atoms with Gasteiger partial charge in [0.15, 0.2) is 0 Å². The molecule has 1 heterocycles. The fourth-order valence-electron chi connectivity index (χ4n) is 2.83. The number of benzene rings is 1. The van der Waals surface area contributed by atoms with Gasteiger partial charge in [0.1, 0.15) is 12.1 Å². The molecule has 0 bridgehead atoms. The summed E-state index contributed by atoms with van der Waals surface area (Å²) in [7, 11) is 1.38. The van der Waals surface area contributed by atoms with E-state index in [9.17, 15) is 9.59 Å². The van der Waals surface area contributed by atoms with E-state index in [1.807, 2.05) is 49.1 Å². The monoisotopic (exact) mass is 305 g/mol. The van der Waals surface area contributed by atoms with Crippen molar-refractivity contribution in [2.75, 3.05) is 7.11 Å². The summed E-state index contributed by atoms with van der Waals surface area (Å²) in [6.45, 7) is 4.18. The highest BCUT2D eigenvalue weighted by atomic mass is 16.5. The molecule has 1 aromatic rings. The average Bonchev–Trinajstić information content (AvgIpc) is 2.90. The second-order valence-electron chi connectivity index (χ2n) is 5.78. The number of hydrogen-bond acceptors (Lipinski definition) is 5. The first-order valence-corrected chi connectivity index (χ1v) is 7.61. The van der Waals surface area contributed by atoms with Gasteiger partial charge in [-0.2, -0.15) is 0 Å². The van der Waals surface area contributed by atoms with Crippen LogP contribution in [-0.4, -0.2) is 42.1 Å². The Morgan fingerprint density at radius 1 is 1.14 bits per heavy atom. The van der Waals surface area contributed by atoms with Crippen LogP contribution in [0.3, 0.4) is 0 Å². The summed E-state index contributed by atoms with van der Waals surface area (Å²) in [4.78, 5) is 26.2. The van der Waals surface area contributed by atoms with Gasteiger partial charge in [0, 0.05) is 6.54 Å². The number of carbonyl (C=O) groups excluding carboxylic acids is 2. The van der Waals surface area contributed by atoms with E-state index in [-0.39, 0.29) is 18.0 Å². The zero-order chi connectivity index (χ0) is 16.1. The lowest BCUT2D eigenvalue weighted by molar-refractivity contribution is -0.155. The summed E-state index contributed by atoms with van der Waals surface area (Å²) in [5.74, 6) is -0.562. The van der Waals surface area contributed by atoms with Crippen LogP contribution in [0.25, 0.3) is 0 Å². The molecule has 22 heavy (non-hydrogen) atoms. The molecule has 120 valence electrons. The Morgan fingerprint density at radius 2 is 1.73 bits per heavy atom. The summed E-state index contributed by atoms with van der Waals surface area (Å²) in [5.41, 5.74) is 1.06. The minimum absolute atomic E-state index is 0.164. The van der Waals surface area contributed by atoms with Crippen LogP contribution < -0.4 is 0 Å². The Balaban J connectivity index is 2.18. The van der Waals surface area contributed by atoms with E-state index >= 15 is 0 Å². The zero-order valence-electron chi connectivity index (χ0n) is 13.3. The van der Waals surface area contributed by atoms with Crippen LogP contribution in [0.15, 0.2) is 30.3 Å². The first-order chi connectivity index (χ1) is 10.5. The highest BCUT2D eigenvalue weighted by molar-refractivity contribution is 5.81. The highest BCUT2D eigenvalue weighted by Gasteiger charge is 2.42. The fourth-order valence-corrected chi connectivity index (χ4v) is 2.83. The topological polar surface area (TPSA) is 55.8 Å². The van der Waals surface area contributed by atoms with Gasteiger partial charge in [0.05, 0.1) is 13.2 Å². The molecular formula is C17H23NO4. The largest absolute Gasteiger partial charge is 0.468 e. The molecule has 1 saturated heterocycles. The summed E-state index contributed by atoms with van der Waals surface area (Å²) >= 11 is 0. The Hall–Kier alpha value is -1.88. The van der Waals surface area contributed by atoms with Crippen LogP contribution >= 0.6 is 0 Å². The molecule has 1 aliphatic rings. The Labute approximate surface area is 131 Å². The summed E-state index contributed by atoms with van der Waals surface area (Å²) in [6.07, 6.45) is 1.05. The van der Waals surface area contributed by atoms with Gasteiger partial charge in [-0.3, -0.25) is 14.5 Å². The third kappa shape index (κ3) is 3.85. The van der Waals surface area contributed by atoms with Gasteiger partial charge in [-0.25, -0.2) is 0 Å². The minimum atomic E-state index is -0.397. The molecule has 5 nitrogen and oxygen atoms in total. The van der Waals surface area contributed by atoms with E-state index < -0.39 is 12.1 Å². The Kier molecular flexibility index (Phi) is 5.55. The molecule has 1 aliphatic heterocycles. The number of carbonyl (C=O) groups is 2. The van der Waals surface area contributed by atoms with E-state index in [2.05, 4.69) is 0 Å². The van der Waals surface area contributed by atoms with Gasteiger partial charge in [-0.15, -0.1) is 0 Å². The van der Waals surface area contributed by atoms with Crippen molar-refractivity contribution in [3.05, 3.63) is 35.9 Å². The molecule has 0 amide bonds. The van der Waals surface area contributed by atoms with Crippen LogP contribution in [-0.2, 0) is 25.6 Å². The lowest BCUT2D eigenvalue weighted by Crippen LogP contribution is -2.45. The Bertz CT molecular complexity index is 515. The average molecular weight is 305 g/mol.